The van der Waals surface area contributed by atoms with E-state index in [4.69, 9.17) is 23.7 Å². The average Bonchev–Trinajstić information content (AvgIpc) is 3.26. The predicted octanol–water partition coefficient (Wildman–Crippen LogP) is -0.628. The Bertz CT molecular complexity index is 2090. The summed E-state index contributed by atoms with van der Waals surface area (Å²) in [5.41, 5.74) is -6.16. The summed E-state index contributed by atoms with van der Waals surface area (Å²) in [4.78, 5) is 55.9. The van der Waals surface area contributed by atoms with Gasteiger partial charge in [0.25, 0.3) is 5.91 Å². The van der Waals surface area contributed by atoms with E-state index in [2.05, 4.69) is 5.32 Å². The minimum absolute atomic E-state index is 0. The molecule has 9 N–H and O–H groups in total. The summed E-state index contributed by atoms with van der Waals surface area (Å²) in [5, 5.41) is 92.3. The molecule has 1 amide bonds. The van der Waals surface area contributed by atoms with Gasteiger partial charge in [0.2, 0.25) is 0 Å². The number of amides is 1. The van der Waals surface area contributed by atoms with Crippen molar-refractivity contribution in [3.8, 4) is 0 Å². The summed E-state index contributed by atoms with van der Waals surface area (Å²) in [7, 11) is 0. The number of rotatable bonds is 11. The van der Waals surface area contributed by atoms with Crippen LogP contribution in [-0.4, -0.2) is 157 Å². The van der Waals surface area contributed by atoms with E-state index in [1.807, 2.05) is 0 Å². The van der Waals surface area contributed by atoms with Gasteiger partial charge in [0.05, 0.1) is 36.4 Å². The molecule has 5 aliphatic rings. The Balaban J connectivity index is 0.00000397. The molecule has 65 heavy (non-hydrogen) atoms. The van der Waals surface area contributed by atoms with Crippen molar-refractivity contribution < 1.29 is 172 Å². The van der Waals surface area contributed by atoms with Gasteiger partial charge in [-0.05, 0) is 48.6 Å². The van der Waals surface area contributed by atoms with Crippen LogP contribution in [0.5, 0.6) is 0 Å². The number of aliphatic hydroxyl groups is 8. The van der Waals surface area contributed by atoms with Crippen molar-refractivity contribution in [3.05, 3.63) is 82.9 Å². The molecule has 2 aliphatic heterocycles. The number of hydrogen-bond acceptors (Lipinski definition) is 17. The van der Waals surface area contributed by atoms with E-state index in [-0.39, 0.29) is 124 Å². The van der Waals surface area contributed by atoms with Crippen LogP contribution in [0.25, 0.3) is 0 Å². The van der Waals surface area contributed by atoms with E-state index in [9.17, 15) is 55.2 Å². The Kier molecular flexibility index (Phi) is 17.6. The number of Topliss-reactive ketones (excluding diaryl/α,β-unsaturated/α-hetero) is 1. The van der Waals surface area contributed by atoms with Crippen LogP contribution in [0.3, 0.4) is 0 Å². The molecular formula is C45H57Ac2NO17. The van der Waals surface area contributed by atoms with Crippen molar-refractivity contribution in [2.75, 3.05) is 19.8 Å². The molecule has 2 radical (unpaired) electrons. The SMILES string of the molecule is CC1=C2C(O)C(=O)[C@]3(C)C(OC(=O)COC4OC(CO)C(O)C(O)C4O)CC4OC[C@@]4(O)C3[C@H](C)C(O)(CC1OC(=O)C(O)C(NC(=O)c1ccccc1)c1ccccc1)C2(C)C.[Ac].[Ac]. The van der Waals surface area contributed by atoms with Gasteiger partial charge in [0.15, 0.2) is 18.2 Å². The van der Waals surface area contributed by atoms with E-state index in [0.29, 0.717) is 5.56 Å². The zero-order chi connectivity index (χ0) is 46.0. The maximum Gasteiger partial charge on any atom is 0.338 e. The smallest absolute Gasteiger partial charge is 0.338 e. The number of benzene rings is 2. The maximum absolute atomic E-state index is 15.1. The van der Waals surface area contributed by atoms with E-state index in [0.717, 1.165) is 0 Å². The fraction of sp³-hybridized carbons (Fsp3) is 0.600. The van der Waals surface area contributed by atoms with Crippen LogP contribution < -0.4 is 5.32 Å². The second kappa shape index (κ2) is 21.0. The Labute approximate surface area is 447 Å². The summed E-state index contributed by atoms with van der Waals surface area (Å²) in [6, 6.07) is 15.2. The Hall–Kier alpha value is -1.30. The van der Waals surface area contributed by atoms with Gasteiger partial charge in [-0.1, -0.05) is 69.3 Å². The van der Waals surface area contributed by atoms with E-state index < -0.39 is 138 Å². The molecule has 2 saturated carbocycles. The van der Waals surface area contributed by atoms with Crippen LogP contribution in [0.1, 0.15) is 69.4 Å². The van der Waals surface area contributed by atoms with Crippen molar-refractivity contribution in [3.63, 3.8) is 0 Å². The number of fused-ring (bicyclic) bond motifs is 5. The first-order valence-electron chi connectivity index (χ1n) is 21.0. The summed E-state index contributed by atoms with van der Waals surface area (Å²) in [6.07, 6.45) is -16.5. The molecule has 2 bridgehead atoms. The van der Waals surface area contributed by atoms with E-state index in [1.54, 1.807) is 81.4 Å². The summed E-state index contributed by atoms with van der Waals surface area (Å²) < 4.78 is 28.4. The van der Waals surface area contributed by atoms with Crippen LogP contribution in [-0.2, 0) is 38.1 Å². The number of ether oxygens (including phenoxy) is 5. The van der Waals surface area contributed by atoms with E-state index >= 15 is 4.79 Å². The first-order chi connectivity index (χ1) is 29.6. The quantitative estimate of drug-likeness (QED) is 0.100. The number of hydrogen-bond donors (Lipinski definition) is 9. The molecule has 16 atom stereocenters. The monoisotopic (exact) mass is 1340 g/mol. The third-order valence-corrected chi connectivity index (χ3v) is 14.6. The predicted molar refractivity (Wildman–Crippen MR) is 216 cm³/mol. The van der Waals surface area contributed by atoms with Crippen LogP contribution in [0, 0.1) is 111 Å². The number of ketones is 1. The third kappa shape index (κ3) is 9.53. The fourth-order valence-electron chi connectivity index (χ4n) is 11.0. The molecule has 2 saturated heterocycles. The molecule has 350 valence electrons. The van der Waals surface area contributed by atoms with Crippen LogP contribution in [0.4, 0.5) is 0 Å². The first kappa shape index (κ1) is 54.6. The molecule has 0 aromatic heterocycles. The van der Waals surface area contributed by atoms with Crippen molar-refractivity contribution in [2.24, 2.45) is 22.7 Å². The molecule has 2 heterocycles. The largest absolute Gasteiger partial charge is 0.459 e. The minimum Gasteiger partial charge on any atom is -0.459 e. The Morgan fingerprint density at radius 2 is 1.52 bits per heavy atom. The van der Waals surface area contributed by atoms with Crippen LogP contribution >= 0.6 is 0 Å². The van der Waals surface area contributed by atoms with Crippen molar-refractivity contribution in [1.29, 1.82) is 0 Å². The third-order valence-electron chi connectivity index (χ3n) is 14.6. The number of nitrogens with one attached hydrogen (secondary N) is 1. The number of carbonyl (C=O) groups excluding carboxylic acids is 4. The first-order valence-corrected chi connectivity index (χ1v) is 21.0. The van der Waals surface area contributed by atoms with Crippen molar-refractivity contribution >= 4 is 23.6 Å². The minimum atomic E-state index is -2.01. The molecule has 2 aromatic carbocycles. The van der Waals surface area contributed by atoms with Crippen LogP contribution in [0.15, 0.2) is 71.8 Å². The number of esters is 2. The Morgan fingerprint density at radius 3 is 2.11 bits per heavy atom. The molecular weight excluding hydrogens is 1280 g/mol. The van der Waals surface area contributed by atoms with Gasteiger partial charge in [-0.25, -0.2) is 9.59 Å². The number of carbonyl (C=O) groups is 4. The fourth-order valence-corrected chi connectivity index (χ4v) is 11.0. The second-order valence-electron chi connectivity index (χ2n) is 18.3. The molecule has 0 spiro atoms. The summed E-state index contributed by atoms with van der Waals surface area (Å²) >= 11 is 0. The van der Waals surface area contributed by atoms with Gasteiger partial charge in [-0.2, -0.15) is 0 Å². The molecule has 3 aliphatic carbocycles. The molecule has 13 unspecified atom stereocenters. The molecule has 20 heteroatoms. The van der Waals surface area contributed by atoms with E-state index in [1.165, 1.54) is 13.8 Å². The summed E-state index contributed by atoms with van der Waals surface area (Å²) in [5.74, 6) is -6.01. The van der Waals surface area contributed by atoms with Gasteiger partial charge in [-0.3, -0.25) is 9.59 Å². The van der Waals surface area contributed by atoms with Gasteiger partial charge in [-0.15, -0.1) is 0 Å². The zero-order valence-electron chi connectivity index (χ0n) is 36.7. The van der Waals surface area contributed by atoms with Crippen LogP contribution in [0.2, 0.25) is 0 Å². The van der Waals surface area contributed by atoms with Gasteiger partial charge in [0.1, 0.15) is 54.9 Å². The van der Waals surface area contributed by atoms with Gasteiger partial charge in [0, 0.05) is 118 Å². The van der Waals surface area contributed by atoms with Crippen molar-refractivity contribution in [1.82, 2.24) is 5.32 Å². The van der Waals surface area contributed by atoms with Gasteiger partial charge < -0.3 is 69.9 Å². The molecule has 4 fully saturated rings. The summed E-state index contributed by atoms with van der Waals surface area (Å²) in [6.45, 7) is 5.96. The maximum atomic E-state index is 15.1. The zero-order valence-corrected chi connectivity index (χ0v) is 46.2. The Morgan fingerprint density at radius 1 is 0.908 bits per heavy atom. The standard InChI is InChI=1S/C45H57NO17.2Ac/c1-21-25(61-40(56)34(51)31(23-12-8-6-9-13-23)46-39(55)24-14-10-7-11-15-24)17-45(58)22(2)37-43(5,38(54)33(50)30(21)42(45,3)4)27(16-28-44(37,57)20-60-28)63-29(48)19-59-41-36(53)35(52)32(49)26(18-47)62-41;;/h6-15,22,25-28,31-37,41,47,49-53,57-58H,16-20H2,1-5H3,(H,46,55);;/t22-,25?,26?,27?,28?,31?,32?,33?,34?,35?,36?,37?,41?,43+,44-,45?;;/m0../s1. The van der Waals surface area contributed by atoms with Gasteiger partial charge >= 0.3 is 11.9 Å². The number of aliphatic hydroxyl groups excluding tert-OH is 6. The normalized spacial score (nSPS) is 38.0. The molecule has 7 rings (SSSR count). The average molecular weight is 1340 g/mol. The topological polar surface area (TPSA) is 288 Å². The molecule has 18 nitrogen and oxygen atoms in total. The molecule has 2 aromatic rings. The van der Waals surface area contributed by atoms with Crippen molar-refractivity contribution in [2.45, 2.75) is 126 Å². The second-order valence-corrected chi connectivity index (χ2v) is 18.3.